The molecule has 1 N–H and O–H groups in total. The van der Waals surface area contributed by atoms with Gasteiger partial charge in [-0.1, -0.05) is 48.8 Å². The van der Waals surface area contributed by atoms with Crippen molar-refractivity contribution < 1.29 is 18.3 Å². The zero-order valence-corrected chi connectivity index (χ0v) is 25.6. The van der Waals surface area contributed by atoms with E-state index in [9.17, 15) is 4.79 Å². The molecule has 0 radical (unpaired) electrons. The minimum atomic E-state index is -2.79. The zero-order chi connectivity index (χ0) is 28.7. The number of carbonyl (C=O) groups excluding carboxylic acids is 1. The van der Waals surface area contributed by atoms with Crippen LogP contribution in [0.15, 0.2) is 34.8 Å². The molecule has 2 fully saturated rings. The Morgan fingerprint density at radius 3 is 2.65 bits per heavy atom. The molecule has 3 aliphatic rings. The third-order valence-corrected chi connectivity index (χ3v) is 9.33. The summed E-state index contributed by atoms with van der Waals surface area (Å²) >= 11 is 3.63. The van der Waals surface area contributed by atoms with Crippen LogP contribution in [-0.2, 0) is 27.9 Å². The van der Waals surface area contributed by atoms with Crippen molar-refractivity contribution >= 4 is 27.7 Å². The molecule has 1 aromatic carbocycles. The van der Waals surface area contributed by atoms with E-state index in [0.717, 1.165) is 46.5 Å². The number of fused-ring (bicyclic) bond motifs is 1. The Labute approximate surface area is 245 Å². The predicted octanol–water partition coefficient (Wildman–Crippen LogP) is 5.99. The Morgan fingerprint density at radius 2 is 1.95 bits per heavy atom. The Hall–Kier alpha value is -2.10. The number of ether oxygens (including phenoxy) is 1. The van der Waals surface area contributed by atoms with Gasteiger partial charge >= 0.3 is 5.97 Å². The fourth-order valence-corrected chi connectivity index (χ4v) is 6.91. The van der Waals surface area contributed by atoms with Crippen molar-refractivity contribution in [1.29, 1.82) is 0 Å². The summed E-state index contributed by atoms with van der Waals surface area (Å²) in [6.07, 6.45) is 2.77. The van der Waals surface area contributed by atoms with Gasteiger partial charge in [0.05, 0.1) is 31.2 Å². The monoisotopic (exact) mass is 618 g/mol. The Balaban J connectivity index is 1.24. The van der Waals surface area contributed by atoms with Crippen LogP contribution >= 0.6 is 15.9 Å². The highest BCUT2D eigenvalue weighted by Crippen LogP contribution is 2.51. The number of likely N-dealkylation sites (tertiary alicyclic amines) is 2. The molecule has 0 aliphatic carbocycles. The van der Waals surface area contributed by atoms with Crippen LogP contribution in [0.2, 0.25) is 0 Å². The summed E-state index contributed by atoms with van der Waals surface area (Å²) in [7, 11) is 1.39. The number of halogens is 3. The molecular weight excluding hydrogens is 578 g/mol. The fourth-order valence-electron chi connectivity index (χ4n) is 6.40. The van der Waals surface area contributed by atoms with Gasteiger partial charge in [-0.25, -0.2) is 13.8 Å². The van der Waals surface area contributed by atoms with Gasteiger partial charge in [0, 0.05) is 43.1 Å². The number of esters is 1. The average Bonchev–Trinajstić information content (AvgIpc) is 2.87. The maximum absolute atomic E-state index is 15.7. The Morgan fingerprint density at radius 1 is 1.18 bits per heavy atom. The molecule has 6 nitrogen and oxygen atoms in total. The van der Waals surface area contributed by atoms with E-state index < -0.39 is 11.3 Å². The van der Waals surface area contributed by atoms with Crippen molar-refractivity contribution in [3.63, 3.8) is 0 Å². The molecular formula is C31H41BrF2N4O2. The Kier molecular flexibility index (Phi) is 8.30. The van der Waals surface area contributed by atoms with Crippen molar-refractivity contribution in [1.82, 2.24) is 14.8 Å². The van der Waals surface area contributed by atoms with E-state index in [0.29, 0.717) is 39.1 Å². The molecule has 0 saturated carbocycles. The largest absolute Gasteiger partial charge is 0.469 e. The van der Waals surface area contributed by atoms with E-state index in [1.165, 1.54) is 12.7 Å². The predicted molar refractivity (Wildman–Crippen MR) is 157 cm³/mol. The normalized spacial score (nSPS) is 21.3. The molecule has 9 heteroatoms. The molecule has 0 amide bonds. The van der Waals surface area contributed by atoms with Crippen LogP contribution in [0.5, 0.6) is 0 Å². The number of benzene rings is 1. The number of anilines is 1. The highest BCUT2D eigenvalue weighted by molar-refractivity contribution is 9.10. The molecule has 218 valence electrons. The first-order valence-corrected chi connectivity index (χ1v) is 15.1. The number of nitrogens with one attached hydrogen (secondary N) is 1. The van der Waals surface area contributed by atoms with Gasteiger partial charge in [-0.15, -0.1) is 0 Å². The van der Waals surface area contributed by atoms with Crippen LogP contribution in [-0.4, -0.2) is 73.1 Å². The highest BCUT2D eigenvalue weighted by Gasteiger charge is 2.62. The van der Waals surface area contributed by atoms with Gasteiger partial charge in [0.25, 0.3) is 5.92 Å². The van der Waals surface area contributed by atoms with Gasteiger partial charge in [0.15, 0.2) is 0 Å². The zero-order valence-electron chi connectivity index (χ0n) is 24.0. The third-order valence-electron chi connectivity index (χ3n) is 8.87. The van der Waals surface area contributed by atoms with Crippen molar-refractivity contribution in [3.05, 3.63) is 57.2 Å². The smallest absolute Gasteiger partial charge is 0.306 e. The number of rotatable bonds is 7. The number of nitrogens with zero attached hydrogens (tertiary/aromatic N) is 3. The van der Waals surface area contributed by atoms with E-state index >= 15 is 8.78 Å². The quantitative estimate of drug-likeness (QED) is 0.385. The van der Waals surface area contributed by atoms with Gasteiger partial charge in [0.1, 0.15) is 5.82 Å². The van der Waals surface area contributed by atoms with Crippen LogP contribution in [0.25, 0.3) is 0 Å². The molecule has 5 rings (SSSR count). The summed E-state index contributed by atoms with van der Waals surface area (Å²) in [4.78, 5) is 21.0. The van der Waals surface area contributed by atoms with Gasteiger partial charge in [-0.3, -0.25) is 9.69 Å². The minimum Gasteiger partial charge on any atom is -0.469 e. The van der Waals surface area contributed by atoms with Crippen molar-refractivity contribution in [3.8, 4) is 0 Å². The third kappa shape index (κ3) is 6.21. The summed E-state index contributed by atoms with van der Waals surface area (Å²) in [5, 5.41) is 3.33. The van der Waals surface area contributed by atoms with Crippen LogP contribution in [0.3, 0.4) is 0 Å². The van der Waals surface area contributed by atoms with E-state index in [-0.39, 0.29) is 30.3 Å². The van der Waals surface area contributed by atoms with Gasteiger partial charge in [-0.2, -0.15) is 0 Å². The number of methoxy groups -OCH3 is 1. The number of hydrogen-bond donors (Lipinski definition) is 1. The number of pyridine rings is 1. The molecule has 2 saturated heterocycles. The molecule has 0 unspecified atom stereocenters. The molecule has 1 aromatic heterocycles. The summed E-state index contributed by atoms with van der Waals surface area (Å²) in [6.45, 7) is 9.40. The molecule has 40 heavy (non-hydrogen) atoms. The topological polar surface area (TPSA) is 57.7 Å². The second-order valence-electron chi connectivity index (χ2n) is 13.0. The lowest BCUT2D eigenvalue weighted by molar-refractivity contribution is -0.226. The Bertz CT molecular complexity index is 1240. The first-order valence-electron chi connectivity index (χ1n) is 14.3. The SMILES string of the molecule is COC(=O)C[C@H](CN1CC2(CCN(Cc3ccc4c(n3)NCCC4)CC2(F)F)C1)c1cc(Br)cc(C(C)(C)C)c1. The van der Waals surface area contributed by atoms with Crippen LogP contribution in [0, 0.1) is 5.41 Å². The number of piperidine rings is 1. The summed E-state index contributed by atoms with van der Waals surface area (Å²) in [5.74, 6) is -2.32. The van der Waals surface area contributed by atoms with Crippen LogP contribution in [0.4, 0.5) is 14.6 Å². The number of alkyl halides is 2. The van der Waals surface area contributed by atoms with E-state index in [4.69, 9.17) is 9.72 Å². The van der Waals surface area contributed by atoms with Gasteiger partial charge in [0.2, 0.25) is 0 Å². The van der Waals surface area contributed by atoms with E-state index in [1.807, 2.05) is 17.0 Å². The van der Waals surface area contributed by atoms with Gasteiger partial charge in [-0.05, 0) is 66.1 Å². The van der Waals surface area contributed by atoms with Gasteiger partial charge < -0.3 is 15.0 Å². The van der Waals surface area contributed by atoms with Crippen LogP contribution in [0.1, 0.15) is 68.3 Å². The maximum atomic E-state index is 15.7. The second-order valence-corrected chi connectivity index (χ2v) is 13.9. The molecule has 3 aliphatic heterocycles. The first-order chi connectivity index (χ1) is 18.9. The summed E-state index contributed by atoms with van der Waals surface area (Å²) in [5.41, 5.74) is 3.16. The fraction of sp³-hybridized carbons (Fsp3) is 0.613. The highest BCUT2D eigenvalue weighted by atomic mass is 79.9. The number of aryl methyl sites for hydroxylation is 1. The van der Waals surface area contributed by atoms with Crippen molar-refractivity contribution in [2.75, 3.05) is 51.7 Å². The summed E-state index contributed by atoms with van der Waals surface area (Å²) in [6, 6.07) is 10.3. The number of hydrogen-bond acceptors (Lipinski definition) is 6. The lowest BCUT2D eigenvalue weighted by Gasteiger charge is -2.58. The number of carbonyl (C=O) groups is 1. The lowest BCUT2D eigenvalue weighted by atomic mass is 9.68. The molecule has 1 spiro atoms. The minimum absolute atomic E-state index is 0.0592. The van der Waals surface area contributed by atoms with Crippen molar-refractivity contribution in [2.45, 2.75) is 70.3 Å². The van der Waals surface area contributed by atoms with E-state index in [2.05, 4.69) is 65.1 Å². The second kappa shape index (κ2) is 11.3. The molecule has 1 atom stereocenters. The maximum Gasteiger partial charge on any atom is 0.306 e. The number of aromatic nitrogens is 1. The summed E-state index contributed by atoms with van der Waals surface area (Å²) < 4.78 is 37.3. The molecule has 2 aromatic rings. The van der Waals surface area contributed by atoms with Crippen LogP contribution < -0.4 is 5.32 Å². The first kappa shape index (κ1) is 29.4. The van der Waals surface area contributed by atoms with E-state index in [1.54, 1.807) is 0 Å². The van der Waals surface area contributed by atoms with Crippen molar-refractivity contribution in [2.24, 2.45) is 5.41 Å². The average molecular weight is 620 g/mol. The molecule has 0 bridgehead atoms. The lowest BCUT2D eigenvalue weighted by Crippen LogP contribution is -2.70. The molecule has 4 heterocycles. The standard InChI is InChI=1S/C31H41BrF2N4O2/c1-29(2,3)24-12-22(13-25(32)15-24)23(14-27(39)40-4)16-38-18-30(19-38)9-11-37(20-31(30,33)34)17-26-8-7-21-6-5-10-35-28(21)36-26/h7-8,12-13,15,23H,5-6,9-11,14,16-20H2,1-4H3,(H,35,36)/t23-/m1/s1.